The average Bonchev–Trinajstić information content (AvgIpc) is 2.66. The normalized spacial score (nSPS) is 11.8. The molecule has 0 aliphatic heterocycles. The van der Waals surface area contributed by atoms with Gasteiger partial charge in [-0.05, 0) is 55.3 Å². The van der Waals surface area contributed by atoms with Gasteiger partial charge in [0.15, 0.2) is 11.5 Å². The van der Waals surface area contributed by atoms with E-state index in [1.165, 1.54) is 13.2 Å². The zero-order valence-corrected chi connectivity index (χ0v) is 17.5. The molecule has 3 aromatic rings. The number of aryl methyl sites for hydroxylation is 2. The Kier molecular flexibility index (Phi) is 7.60. The first-order valence-corrected chi connectivity index (χ1v) is 9.93. The van der Waals surface area contributed by atoms with Crippen molar-refractivity contribution in [2.24, 2.45) is 4.99 Å². The summed E-state index contributed by atoms with van der Waals surface area (Å²) >= 11 is 0. The van der Waals surface area contributed by atoms with E-state index in [1.54, 1.807) is 18.2 Å². The van der Waals surface area contributed by atoms with Crippen LogP contribution in [0.3, 0.4) is 0 Å². The van der Waals surface area contributed by atoms with Crippen molar-refractivity contribution >= 4 is 16.9 Å². The van der Waals surface area contributed by atoms with Gasteiger partial charge in [0.1, 0.15) is 17.9 Å². The van der Waals surface area contributed by atoms with E-state index in [-0.39, 0.29) is 12.3 Å². The zero-order chi connectivity index (χ0) is 23.3. The Labute approximate surface area is 178 Å². The summed E-state index contributed by atoms with van der Waals surface area (Å²) in [5.74, 6) is -0.153. The molecule has 0 atom stereocenters. The number of nitrogens with zero attached hydrogens (tertiary/aromatic N) is 1. The first-order chi connectivity index (χ1) is 14.4. The van der Waals surface area contributed by atoms with E-state index < -0.39 is 16.2 Å². The fourth-order valence-electron chi connectivity index (χ4n) is 2.68. The van der Waals surface area contributed by atoms with Crippen molar-refractivity contribution in [1.82, 2.24) is 0 Å². The number of carboxylic acids is 1. The molecule has 31 heavy (non-hydrogen) atoms. The number of ether oxygens (including phenoxy) is 1. The lowest BCUT2D eigenvalue weighted by Crippen LogP contribution is -2.58. The van der Waals surface area contributed by atoms with E-state index in [2.05, 4.69) is 4.99 Å². The van der Waals surface area contributed by atoms with Crippen molar-refractivity contribution in [1.29, 1.82) is 0 Å². The SMILES string of the molecule is COc1cc(-c2cc(=NCC(=O)O)c3cc(C)c(C)cc3o2)ccc1O.[O-][Cl+3]([O-])([O-])O. The smallest absolute Gasteiger partial charge is 0.325 e. The van der Waals surface area contributed by atoms with Gasteiger partial charge in [0.25, 0.3) is 0 Å². The number of aromatic hydroxyl groups is 1. The topological polar surface area (TPSA) is 182 Å². The van der Waals surface area contributed by atoms with Crippen LogP contribution in [0.25, 0.3) is 22.3 Å². The van der Waals surface area contributed by atoms with Gasteiger partial charge in [-0.25, -0.2) is 0 Å². The van der Waals surface area contributed by atoms with Crippen LogP contribution >= 0.6 is 0 Å². The highest BCUT2D eigenvalue weighted by Gasteiger charge is 2.11. The fourth-order valence-corrected chi connectivity index (χ4v) is 2.68. The average molecular weight is 454 g/mol. The van der Waals surface area contributed by atoms with Crippen molar-refractivity contribution in [2.75, 3.05) is 13.7 Å². The number of carboxylic acid groups (broad SMARTS) is 1. The predicted octanol–water partition coefficient (Wildman–Crippen LogP) is -0.708. The van der Waals surface area contributed by atoms with Gasteiger partial charge in [0.05, 0.1) is 27.4 Å². The van der Waals surface area contributed by atoms with Gasteiger partial charge in [-0.15, -0.1) is 0 Å². The first-order valence-electron chi connectivity index (χ1n) is 8.67. The van der Waals surface area contributed by atoms with E-state index in [1.807, 2.05) is 26.0 Å². The van der Waals surface area contributed by atoms with Crippen molar-refractivity contribution in [3.05, 3.63) is 52.9 Å². The van der Waals surface area contributed by atoms with Gasteiger partial charge in [0.2, 0.25) is 0 Å². The van der Waals surface area contributed by atoms with Gasteiger partial charge in [-0.1, -0.05) is 0 Å². The molecule has 11 heteroatoms. The van der Waals surface area contributed by atoms with E-state index in [0.717, 1.165) is 16.5 Å². The number of aliphatic carboxylic acids is 1. The van der Waals surface area contributed by atoms with Crippen molar-refractivity contribution in [2.45, 2.75) is 13.8 Å². The van der Waals surface area contributed by atoms with E-state index in [9.17, 15) is 9.90 Å². The quantitative estimate of drug-likeness (QED) is 0.459. The van der Waals surface area contributed by atoms with Gasteiger partial charge in [-0.3, -0.25) is 9.79 Å². The molecule has 0 radical (unpaired) electrons. The number of benzene rings is 2. The molecular formula is C20H20ClNO9. The molecule has 3 rings (SSSR count). The second kappa shape index (κ2) is 9.77. The number of hydrogen-bond acceptors (Lipinski definition) is 9. The molecule has 166 valence electrons. The van der Waals surface area contributed by atoms with Crippen LogP contribution in [0.5, 0.6) is 11.5 Å². The summed E-state index contributed by atoms with van der Waals surface area (Å²) in [7, 11) is -3.23. The Balaban J connectivity index is 0.000000614. The summed E-state index contributed by atoms with van der Waals surface area (Å²) in [4.78, 5) is 15.2. The maximum Gasteiger partial charge on any atom is 0.325 e. The molecule has 0 aliphatic carbocycles. The molecule has 0 spiro atoms. The van der Waals surface area contributed by atoms with Crippen LogP contribution in [-0.2, 0) is 4.79 Å². The second-order valence-electron chi connectivity index (χ2n) is 6.42. The summed E-state index contributed by atoms with van der Waals surface area (Å²) in [5.41, 5.74) is 3.43. The van der Waals surface area contributed by atoms with Crippen LogP contribution in [0.2, 0.25) is 0 Å². The van der Waals surface area contributed by atoms with E-state index >= 15 is 0 Å². The van der Waals surface area contributed by atoms with Crippen molar-refractivity contribution in [3.63, 3.8) is 0 Å². The molecule has 3 N–H and O–H groups in total. The number of hydrogen-bond donors (Lipinski definition) is 3. The molecule has 1 aromatic heterocycles. The van der Waals surface area contributed by atoms with Crippen LogP contribution in [0, 0.1) is 24.1 Å². The van der Waals surface area contributed by atoms with Gasteiger partial charge < -0.3 is 19.4 Å². The molecule has 0 amide bonds. The largest absolute Gasteiger partial charge is 0.504 e. The monoisotopic (exact) mass is 453 g/mol. The highest BCUT2D eigenvalue weighted by atomic mass is 35.7. The summed E-state index contributed by atoms with van der Waals surface area (Å²) in [6.07, 6.45) is 0. The molecule has 0 fully saturated rings. The number of rotatable bonds is 4. The number of carbonyl (C=O) groups is 1. The molecule has 2 aromatic carbocycles. The summed E-state index contributed by atoms with van der Waals surface area (Å²) in [6, 6.07) is 10.4. The summed E-state index contributed by atoms with van der Waals surface area (Å²) < 4.78 is 43.9. The maximum atomic E-state index is 10.9. The third-order valence-corrected chi connectivity index (χ3v) is 4.21. The van der Waals surface area contributed by atoms with E-state index in [0.29, 0.717) is 28.0 Å². The maximum absolute atomic E-state index is 10.9. The lowest BCUT2D eigenvalue weighted by molar-refractivity contribution is -1.92. The third-order valence-electron chi connectivity index (χ3n) is 4.21. The number of methoxy groups -OCH3 is 1. The van der Waals surface area contributed by atoms with Crippen LogP contribution in [0.4, 0.5) is 0 Å². The van der Waals surface area contributed by atoms with Gasteiger partial charge in [0, 0.05) is 17.0 Å². The lowest BCUT2D eigenvalue weighted by atomic mass is 10.1. The number of halogens is 1. The minimum atomic E-state index is -4.69. The minimum Gasteiger partial charge on any atom is -0.504 e. The highest BCUT2D eigenvalue weighted by Crippen LogP contribution is 2.32. The number of phenolic OH excluding ortho intramolecular Hbond substituents is 1. The van der Waals surface area contributed by atoms with E-state index in [4.69, 9.17) is 32.9 Å². The van der Waals surface area contributed by atoms with Crippen LogP contribution in [0.1, 0.15) is 11.1 Å². The first kappa shape index (κ1) is 24.1. The molecule has 0 aliphatic rings. The van der Waals surface area contributed by atoms with Crippen molar-refractivity contribution < 1.29 is 53.0 Å². The van der Waals surface area contributed by atoms with Crippen LogP contribution in [0.15, 0.2) is 45.8 Å². The zero-order valence-electron chi connectivity index (χ0n) is 16.8. The lowest BCUT2D eigenvalue weighted by Gasteiger charge is -2.09. The Hall–Kier alpha value is -3.15. The molecular weight excluding hydrogens is 434 g/mol. The van der Waals surface area contributed by atoms with Crippen LogP contribution < -0.4 is 24.1 Å². The summed E-state index contributed by atoms with van der Waals surface area (Å²) in [6.45, 7) is 3.63. The Bertz CT molecular complexity index is 1160. The fraction of sp³-hybridized carbons (Fsp3) is 0.200. The predicted molar refractivity (Wildman–Crippen MR) is 99.6 cm³/mol. The molecule has 0 saturated heterocycles. The molecule has 0 bridgehead atoms. The molecule has 0 unspecified atom stereocenters. The Morgan fingerprint density at radius 2 is 1.74 bits per heavy atom. The standard InChI is InChI=1S/C20H19NO5.ClHO4/c1-11-6-14-15(21-10-20(23)24)9-17(26-18(14)7-12(11)2)13-4-5-16(22)19(8-13)25-3;2-1(3,4)5/h4-9,22H,10H2,1-3H3,(H,23,24);(H,2,3,4,5). The summed E-state index contributed by atoms with van der Waals surface area (Å²) in [5, 5.41) is 20.0. The molecule has 10 nitrogen and oxygen atoms in total. The Morgan fingerprint density at radius 3 is 2.32 bits per heavy atom. The number of fused-ring (bicyclic) bond motifs is 1. The molecule has 0 saturated carbocycles. The van der Waals surface area contributed by atoms with Crippen molar-refractivity contribution in [3.8, 4) is 22.8 Å². The van der Waals surface area contributed by atoms with Gasteiger partial charge >= 0.3 is 5.97 Å². The molecule has 1 heterocycles. The second-order valence-corrected chi connectivity index (χ2v) is 7.21. The Morgan fingerprint density at radius 1 is 1.13 bits per heavy atom. The van der Waals surface area contributed by atoms with Gasteiger partial charge in [-0.2, -0.15) is 14.0 Å². The third kappa shape index (κ3) is 6.95. The number of phenols is 1. The van der Waals surface area contributed by atoms with Crippen LogP contribution in [-0.4, -0.2) is 34.5 Å². The highest BCUT2D eigenvalue weighted by molar-refractivity contribution is 5.80. The minimum absolute atomic E-state index is 0.0271.